The molecule has 1 amide bonds. The first-order valence-corrected chi connectivity index (χ1v) is 8.61. The zero-order valence-electron chi connectivity index (χ0n) is 13.3. The first-order valence-electron chi connectivity index (χ1n) is 8.61. The van der Waals surface area contributed by atoms with E-state index in [-0.39, 0.29) is 0 Å². The molecule has 122 valence electrons. The van der Waals surface area contributed by atoms with Crippen LogP contribution < -0.4 is 5.73 Å². The van der Waals surface area contributed by atoms with Crippen molar-refractivity contribution in [3.63, 3.8) is 0 Å². The van der Waals surface area contributed by atoms with Crippen molar-refractivity contribution < 1.29 is 9.53 Å². The van der Waals surface area contributed by atoms with Crippen molar-refractivity contribution in [2.75, 3.05) is 45.9 Å². The minimum absolute atomic E-state index is 0.314. The molecule has 2 aliphatic heterocycles. The van der Waals surface area contributed by atoms with Crippen LogP contribution in [-0.4, -0.2) is 67.7 Å². The molecule has 0 bridgehead atoms. The number of nitrogens with two attached hydrogens (primary N) is 1. The normalized spacial score (nSPS) is 24.2. The van der Waals surface area contributed by atoms with E-state index in [0.29, 0.717) is 18.4 Å². The SMILES string of the molecule is NCCCCN1CCCN(C(=O)CCC2CCCO2)CC1. The zero-order chi connectivity index (χ0) is 14.9. The van der Waals surface area contributed by atoms with E-state index in [1.54, 1.807) is 0 Å². The van der Waals surface area contributed by atoms with Crippen LogP contribution in [0.25, 0.3) is 0 Å². The largest absolute Gasteiger partial charge is 0.378 e. The van der Waals surface area contributed by atoms with Gasteiger partial charge in [0.1, 0.15) is 0 Å². The summed E-state index contributed by atoms with van der Waals surface area (Å²) in [6.07, 6.45) is 7.52. The number of hydrogen-bond acceptors (Lipinski definition) is 4. The number of ether oxygens (including phenoxy) is 1. The molecule has 2 aliphatic rings. The molecule has 2 fully saturated rings. The Labute approximate surface area is 128 Å². The first kappa shape index (κ1) is 16.7. The van der Waals surface area contributed by atoms with Gasteiger partial charge in [-0.05, 0) is 58.2 Å². The number of carbonyl (C=O) groups excluding carboxylic acids is 1. The summed E-state index contributed by atoms with van der Waals surface area (Å²) in [5, 5.41) is 0. The predicted octanol–water partition coefficient (Wildman–Crippen LogP) is 1.22. The van der Waals surface area contributed by atoms with Gasteiger partial charge in [0.25, 0.3) is 0 Å². The molecule has 2 rings (SSSR count). The minimum Gasteiger partial charge on any atom is -0.378 e. The fourth-order valence-electron chi connectivity index (χ4n) is 3.24. The first-order chi connectivity index (χ1) is 10.3. The van der Waals surface area contributed by atoms with Gasteiger partial charge in [0.15, 0.2) is 0 Å². The molecule has 2 saturated heterocycles. The Morgan fingerprint density at radius 1 is 1.14 bits per heavy atom. The molecular weight excluding hydrogens is 266 g/mol. The van der Waals surface area contributed by atoms with Gasteiger partial charge in [-0.25, -0.2) is 0 Å². The highest BCUT2D eigenvalue weighted by Gasteiger charge is 2.21. The van der Waals surface area contributed by atoms with Crippen molar-refractivity contribution in [1.82, 2.24) is 9.80 Å². The van der Waals surface area contributed by atoms with Gasteiger partial charge in [0.2, 0.25) is 5.91 Å². The number of unbranched alkanes of at least 4 members (excludes halogenated alkanes) is 1. The van der Waals surface area contributed by atoms with Crippen LogP contribution in [0.2, 0.25) is 0 Å². The van der Waals surface area contributed by atoms with Crippen molar-refractivity contribution in [1.29, 1.82) is 0 Å². The molecule has 0 saturated carbocycles. The van der Waals surface area contributed by atoms with Crippen molar-refractivity contribution in [3.8, 4) is 0 Å². The van der Waals surface area contributed by atoms with Gasteiger partial charge in [-0.3, -0.25) is 4.79 Å². The van der Waals surface area contributed by atoms with Gasteiger partial charge >= 0.3 is 0 Å². The van der Waals surface area contributed by atoms with Gasteiger partial charge in [0, 0.05) is 32.7 Å². The van der Waals surface area contributed by atoms with Crippen LogP contribution in [0.3, 0.4) is 0 Å². The third-order valence-corrected chi connectivity index (χ3v) is 4.57. The Kier molecular flexibility index (Phi) is 7.47. The molecule has 0 radical (unpaired) electrons. The number of nitrogens with zero attached hydrogens (tertiary/aromatic N) is 2. The fraction of sp³-hybridized carbons (Fsp3) is 0.938. The van der Waals surface area contributed by atoms with E-state index < -0.39 is 0 Å². The average molecular weight is 297 g/mol. The van der Waals surface area contributed by atoms with Gasteiger partial charge in [-0.2, -0.15) is 0 Å². The van der Waals surface area contributed by atoms with Crippen LogP contribution in [0.4, 0.5) is 0 Å². The average Bonchev–Trinajstić information content (AvgIpc) is 2.90. The van der Waals surface area contributed by atoms with E-state index in [2.05, 4.69) is 9.80 Å². The van der Waals surface area contributed by atoms with E-state index in [4.69, 9.17) is 10.5 Å². The molecule has 0 aliphatic carbocycles. The van der Waals surface area contributed by atoms with E-state index in [1.807, 2.05) is 0 Å². The fourth-order valence-corrected chi connectivity index (χ4v) is 3.24. The van der Waals surface area contributed by atoms with Crippen LogP contribution in [0.15, 0.2) is 0 Å². The number of rotatable bonds is 7. The van der Waals surface area contributed by atoms with Crippen LogP contribution >= 0.6 is 0 Å². The second kappa shape index (κ2) is 9.38. The van der Waals surface area contributed by atoms with Crippen molar-refractivity contribution in [2.24, 2.45) is 5.73 Å². The zero-order valence-corrected chi connectivity index (χ0v) is 13.3. The summed E-state index contributed by atoms with van der Waals surface area (Å²) < 4.78 is 5.60. The highest BCUT2D eigenvalue weighted by atomic mass is 16.5. The summed E-state index contributed by atoms with van der Waals surface area (Å²) in [4.78, 5) is 16.8. The third-order valence-electron chi connectivity index (χ3n) is 4.57. The van der Waals surface area contributed by atoms with Crippen LogP contribution in [0.5, 0.6) is 0 Å². The van der Waals surface area contributed by atoms with Gasteiger partial charge in [-0.1, -0.05) is 0 Å². The summed E-state index contributed by atoms with van der Waals surface area (Å²) >= 11 is 0. The predicted molar refractivity (Wildman–Crippen MR) is 84.1 cm³/mol. The molecule has 2 heterocycles. The van der Waals surface area contributed by atoms with Crippen LogP contribution in [0, 0.1) is 0 Å². The smallest absolute Gasteiger partial charge is 0.222 e. The summed E-state index contributed by atoms with van der Waals surface area (Å²) in [6, 6.07) is 0. The third kappa shape index (κ3) is 5.93. The van der Waals surface area contributed by atoms with E-state index in [9.17, 15) is 4.79 Å². The molecule has 1 atom stereocenters. The van der Waals surface area contributed by atoms with Crippen LogP contribution in [-0.2, 0) is 9.53 Å². The van der Waals surface area contributed by atoms with Crippen molar-refractivity contribution in [3.05, 3.63) is 0 Å². The summed E-state index contributed by atoms with van der Waals surface area (Å²) in [5.41, 5.74) is 5.54. The second-order valence-electron chi connectivity index (χ2n) is 6.25. The minimum atomic E-state index is 0.314. The molecule has 2 N–H and O–H groups in total. The molecule has 0 aromatic heterocycles. The molecular formula is C16H31N3O2. The molecule has 5 heteroatoms. The molecule has 0 aromatic carbocycles. The summed E-state index contributed by atoms with van der Waals surface area (Å²) in [7, 11) is 0. The Hall–Kier alpha value is -0.650. The highest BCUT2D eigenvalue weighted by Crippen LogP contribution is 2.17. The van der Waals surface area contributed by atoms with Crippen LogP contribution in [0.1, 0.15) is 44.9 Å². The maximum Gasteiger partial charge on any atom is 0.222 e. The van der Waals surface area contributed by atoms with Gasteiger partial charge in [-0.15, -0.1) is 0 Å². The van der Waals surface area contributed by atoms with Gasteiger partial charge in [0.05, 0.1) is 6.10 Å². The maximum absolute atomic E-state index is 12.3. The lowest BCUT2D eigenvalue weighted by molar-refractivity contribution is -0.131. The summed E-state index contributed by atoms with van der Waals surface area (Å²) in [5.74, 6) is 0.314. The van der Waals surface area contributed by atoms with E-state index in [1.165, 1.54) is 6.42 Å². The lowest BCUT2D eigenvalue weighted by atomic mass is 10.1. The number of hydrogen-bond donors (Lipinski definition) is 1. The van der Waals surface area contributed by atoms with Crippen molar-refractivity contribution >= 4 is 5.91 Å². The van der Waals surface area contributed by atoms with E-state index in [0.717, 1.165) is 78.0 Å². The van der Waals surface area contributed by atoms with Crippen molar-refractivity contribution in [2.45, 2.75) is 51.0 Å². The standard InChI is InChI=1S/C16H31N3O2/c17-8-1-2-9-18-10-4-11-19(13-12-18)16(20)7-6-15-5-3-14-21-15/h15H,1-14,17H2. The molecule has 5 nitrogen and oxygen atoms in total. The molecule has 21 heavy (non-hydrogen) atoms. The maximum atomic E-state index is 12.3. The Morgan fingerprint density at radius 2 is 2.05 bits per heavy atom. The number of carbonyl (C=O) groups is 1. The number of amides is 1. The Balaban J connectivity index is 1.65. The molecule has 0 spiro atoms. The second-order valence-corrected chi connectivity index (χ2v) is 6.25. The lowest BCUT2D eigenvalue weighted by Gasteiger charge is -2.22. The molecule has 1 unspecified atom stereocenters. The quantitative estimate of drug-likeness (QED) is 0.718. The topological polar surface area (TPSA) is 58.8 Å². The Morgan fingerprint density at radius 3 is 2.81 bits per heavy atom. The van der Waals surface area contributed by atoms with Gasteiger partial charge < -0.3 is 20.3 Å². The van der Waals surface area contributed by atoms with E-state index >= 15 is 0 Å². The highest BCUT2D eigenvalue weighted by molar-refractivity contribution is 5.76. The Bertz CT molecular complexity index is 306. The molecule has 0 aromatic rings. The lowest BCUT2D eigenvalue weighted by Crippen LogP contribution is -2.35. The summed E-state index contributed by atoms with van der Waals surface area (Å²) in [6.45, 7) is 6.69. The monoisotopic (exact) mass is 297 g/mol.